The number of hydrogen-bond donors (Lipinski definition) is 2. The van der Waals surface area contributed by atoms with Gasteiger partial charge >= 0.3 is 13.3 Å². The minimum atomic E-state index is -3.70. The van der Waals surface area contributed by atoms with Crippen LogP contribution in [0.4, 0.5) is 5.82 Å². The minimum absolute atomic E-state index is 0.0199. The average Bonchev–Trinajstić information content (AvgIpc) is 2.89. The van der Waals surface area contributed by atoms with Gasteiger partial charge in [0.2, 0.25) is 0 Å². The molecule has 0 radical (unpaired) electrons. The van der Waals surface area contributed by atoms with Gasteiger partial charge in [-0.15, -0.1) is 0 Å². The number of ether oxygens (including phenoxy) is 3. The summed E-state index contributed by atoms with van der Waals surface area (Å²) < 4.78 is 35.5. The summed E-state index contributed by atoms with van der Waals surface area (Å²) in [6.07, 6.45) is -1.51. The molecule has 26 heavy (non-hydrogen) atoms. The van der Waals surface area contributed by atoms with Crippen LogP contribution in [-0.2, 0) is 23.3 Å². The highest BCUT2D eigenvalue weighted by Gasteiger charge is 2.48. The Morgan fingerprint density at radius 3 is 2.69 bits per heavy atom. The second-order valence-corrected chi connectivity index (χ2v) is 8.37. The van der Waals surface area contributed by atoms with E-state index in [1.807, 2.05) is 13.8 Å². The van der Waals surface area contributed by atoms with Crippen LogP contribution in [0.15, 0.2) is 17.1 Å². The van der Waals surface area contributed by atoms with Crippen LogP contribution in [0.5, 0.6) is 0 Å². The first-order valence-electron chi connectivity index (χ1n) is 8.33. The molecule has 1 aliphatic rings. The van der Waals surface area contributed by atoms with Gasteiger partial charge in [-0.1, -0.05) is 6.92 Å². The molecule has 1 saturated heterocycles. The fraction of sp³-hybridized carbons (Fsp3) is 0.733. The Morgan fingerprint density at radius 1 is 1.46 bits per heavy atom. The molecule has 10 nitrogen and oxygen atoms in total. The highest BCUT2D eigenvalue weighted by atomic mass is 31.2. The predicted molar refractivity (Wildman–Crippen MR) is 93.9 cm³/mol. The molecule has 0 amide bonds. The summed E-state index contributed by atoms with van der Waals surface area (Å²) in [4.78, 5) is 25.5. The van der Waals surface area contributed by atoms with Crippen LogP contribution in [0.2, 0.25) is 0 Å². The quantitative estimate of drug-likeness (QED) is 0.615. The molecule has 1 aromatic rings. The Bertz CT molecular complexity index is 711. The van der Waals surface area contributed by atoms with Crippen LogP contribution in [0.25, 0.3) is 0 Å². The average molecular weight is 391 g/mol. The van der Waals surface area contributed by atoms with E-state index in [0.29, 0.717) is 0 Å². The van der Waals surface area contributed by atoms with Gasteiger partial charge in [0.05, 0.1) is 12.7 Å². The Kier molecular flexibility index (Phi) is 6.95. The number of nitrogen functional groups attached to an aromatic ring is 1. The molecule has 0 saturated carbocycles. The summed E-state index contributed by atoms with van der Waals surface area (Å²) in [7, 11) is -2.22. The van der Waals surface area contributed by atoms with Crippen molar-refractivity contribution in [2.75, 3.05) is 25.6 Å². The molecule has 2 heterocycles. The van der Waals surface area contributed by atoms with Crippen molar-refractivity contribution in [1.82, 2.24) is 9.55 Å². The second-order valence-electron chi connectivity index (χ2n) is 6.21. The van der Waals surface area contributed by atoms with Crippen LogP contribution in [-0.4, -0.2) is 58.7 Å². The van der Waals surface area contributed by atoms with E-state index in [-0.39, 0.29) is 24.7 Å². The van der Waals surface area contributed by atoms with Crippen LogP contribution in [0.3, 0.4) is 0 Å². The summed E-state index contributed by atoms with van der Waals surface area (Å²) in [6.45, 7) is 5.07. The lowest BCUT2D eigenvalue weighted by molar-refractivity contribution is -0.0833. The van der Waals surface area contributed by atoms with E-state index >= 15 is 0 Å². The van der Waals surface area contributed by atoms with Gasteiger partial charge in [-0.2, -0.15) is 4.98 Å². The number of nitrogens with two attached hydrogens (primary N) is 1. The summed E-state index contributed by atoms with van der Waals surface area (Å²) in [5.74, 6) is 0.0947. The van der Waals surface area contributed by atoms with Crippen molar-refractivity contribution in [2.24, 2.45) is 0 Å². The smallest absolute Gasteiger partial charge is 0.351 e. The first kappa shape index (κ1) is 21.0. The molecule has 1 aromatic heterocycles. The molecule has 0 spiro atoms. The summed E-state index contributed by atoms with van der Waals surface area (Å²) >= 11 is 0. The largest absolute Gasteiger partial charge is 0.383 e. The van der Waals surface area contributed by atoms with E-state index in [9.17, 15) is 14.3 Å². The number of aromatic nitrogens is 2. The second kappa shape index (κ2) is 8.60. The van der Waals surface area contributed by atoms with Crippen molar-refractivity contribution in [3.63, 3.8) is 0 Å². The topological polar surface area (TPSA) is 135 Å². The van der Waals surface area contributed by atoms with Crippen molar-refractivity contribution in [3.8, 4) is 0 Å². The maximum Gasteiger partial charge on any atom is 0.351 e. The molecule has 1 aliphatic heterocycles. The molecule has 0 aliphatic carbocycles. The van der Waals surface area contributed by atoms with Crippen molar-refractivity contribution < 1.29 is 28.2 Å². The number of hydrogen-bond acceptors (Lipinski definition) is 8. The SMILES string of the molecule is CCP(=O)(O)OCC1OC(n2ccc(N)nc2=O)C(OC)C1OC(C)C. The lowest BCUT2D eigenvalue weighted by atomic mass is 10.1. The van der Waals surface area contributed by atoms with Crippen LogP contribution in [0.1, 0.15) is 27.0 Å². The third-order valence-electron chi connectivity index (χ3n) is 3.95. The molecule has 0 aromatic carbocycles. The molecule has 148 valence electrons. The highest BCUT2D eigenvalue weighted by Crippen LogP contribution is 2.43. The van der Waals surface area contributed by atoms with Gasteiger partial charge in [0.15, 0.2) is 6.23 Å². The lowest BCUT2D eigenvalue weighted by Crippen LogP contribution is -2.40. The van der Waals surface area contributed by atoms with E-state index in [1.165, 1.54) is 23.9 Å². The molecule has 3 N–H and O–H groups in total. The molecular weight excluding hydrogens is 365 g/mol. The van der Waals surface area contributed by atoms with E-state index in [2.05, 4.69) is 4.98 Å². The van der Waals surface area contributed by atoms with Gasteiger partial charge in [0, 0.05) is 19.5 Å². The summed E-state index contributed by atoms with van der Waals surface area (Å²) in [6, 6.07) is 1.47. The molecule has 2 rings (SSSR count). The maximum atomic E-state index is 12.2. The molecule has 0 bridgehead atoms. The third kappa shape index (κ3) is 4.91. The molecule has 1 fully saturated rings. The van der Waals surface area contributed by atoms with Gasteiger partial charge in [-0.05, 0) is 19.9 Å². The van der Waals surface area contributed by atoms with Crippen LogP contribution < -0.4 is 11.4 Å². The van der Waals surface area contributed by atoms with E-state index < -0.39 is 37.8 Å². The normalized spacial score (nSPS) is 28.4. The Labute approximate surface area is 151 Å². The predicted octanol–water partition coefficient (Wildman–Crippen LogP) is 0.753. The zero-order valence-corrected chi connectivity index (χ0v) is 16.2. The fourth-order valence-electron chi connectivity index (χ4n) is 2.70. The van der Waals surface area contributed by atoms with Gasteiger partial charge in [0.25, 0.3) is 0 Å². The van der Waals surface area contributed by atoms with E-state index in [0.717, 1.165) is 0 Å². The number of methoxy groups -OCH3 is 1. The van der Waals surface area contributed by atoms with Crippen molar-refractivity contribution >= 4 is 13.4 Å². The first-order chi connectivity index (χ1) is 12.2. The monoisotopic (exact) mass is 391 g/mol. The van der Waals surface area contributed by atoms with Gasteiger partial charge < -0.3 is 29.4 Å². The highest BCUT2D eigenvalue weighted by molar-refractivity contribution is 7.52. The lowest BCUT2D eigenvalue weighted by Gasteiger charge is -2.25. The first-order valence-corrected chi connectivity index (χ1v) is 10.1. The molecular formula is C15H26N3O7P. The summed E-state index contributed by atoms with van der Waals surface area (Å²) in [5.41, 5.74) is 4.93. The number of anilines is 1. The van der Waals surface area contributed by atoms with E-state index in [4.69, 9.17) is 24.5 Å². The van der Waals surface area contributed by atoms with Crippen molar-refractivity contribution in [3.05, 3.63) is 22.7 Å². The standard InChI is InChI=1S/C15H26N3O7P/c1-5-26(20,21)23-8-10-12(24-9(2)3)13(22-4)14(25-10)18-7-6-11(16)17-15(18)19/h6-7,9-10,12-14H,5,8H2,1-4H3,(H,20,21)(H2,16,17,19). The van der Waals surface area contributed by atoms with Crippen molar-refractivity contribution in [2.45, 2.75) is 51.4 Å². The van der Waals surface area contributed by atoms with E-state index in [1.54, 1.807) is 6.92 Å². The van der Waals surface area contributed by atoms with Gasteiger partial charge in [0.1, 0.15) is 24.1 Å². The molecule has 5 unspecified atom stereocenters. The fourth-order valence-corrected chi connectivity index (χ4v) is 3.26. The number of nitrogens with zero attached hydrogens (tertiary/aromatic N) is 2. The molecule has 11 heteroatoms. The Morgan fingerprint density at radius 2 is 2.15 bits per heavy atom. The van der Waals surface area contributed by atoms with Crippen LogP contribution in [0, 0.1) is 0 Å². The van der Waals surface area contributed by atoms with Gasteiger partial charge in [-0.25, -0.2) is 4.79 Å². The minimum Gasteiger partial charge on any atom is -0.383 e. The third-order valence-corrected chi connectivity index (χ3v) is 5.30. The zero-order valence-electron chi connectivity index (χ0n) is 15.3. The number of rotatable bonds is 8. The Balaban J connectivity index is 2.29. The van der Waals surface area contributed by atoms with Gasteiger partial charge in [-0.3, -0.25) is 9.13 Å². The molecule has 5 atom stereocenters. The van der Waals surface area contributed by atoms with Crippen molar-refractivity contribution in [1.29, 1.82) is 0 Å². The zero-order chi connectivity index (χ0) is 19.5. The summed E-state index contributed by atoms with van der Waals surface area (Å²) in [5, 5.41) is 0. The van der Waals surface area contributed by atoms with Crippen LogP contribution >= 0.6 is 7.60 Å². The Hall–Kier alpha value is -1.29. The maximum absolute atomic E-state index is 12.2.